The molecule has 2 aliphatic heterocycles. The molecule has 2 aromatic rings. The Morgan fingerprint density at radius 3 is 2.84 bits per heavy atom. The number of β-lactam (4-membered cyclic amide) rings is 1. The van der Waals surface area contributed by atoms with Crippen LogP contribution in [0.3, 0.4) is 0 Å². The number of ketones is 1. The third-order valence-corrected chi connectivity index (χ3v) is 8.48. The summed E-state index contributed by atoms with van der Waals surface area (Å²) in [5, 5.41) is 24.1. The van der Waals surface area contributed by atoms with E-state index in [1.165, 1.54) is 40.7 Å². The lowest BCUT2D eigenvalue weighted by Gasteiger charge is -2.49. The molecule has 4 heterocycles. The van der Waals surface area contributed by atoms with Gasteiger partial charge in [-0.1, -0.05) is 17.0 Å². The molecule has 1 fully saturated rings. The number of carbonyl (C=O) groups is 4. The maximum absolute atomic E-state index is 12.6. The van der Waals surface area contributed by atoms with Gasteiger partial charge in [0, 0.05) is 16.0 Å². The van der Waals surface area contributed by atoms with Crippen LogP contribution in [0.1, 0.15) is 10.5 Å². The minimum atomic E-state index is -1.23. The second kappa shape index (κ2) is 8.89. The molecule has 0 radical (unpaired) electrons. The molecule has 2 atom stereocenters. The van der Waals surface area contributed by atoms with Gasteiger partial charge in [-0.3, -0.25) is 24.4 Å². The molecule has 0 bridgehead atoms. The van der Waals surface area contributed by atoms with E-state index in [-0.39, 0.29) is 16.5 Å². The second-order valence-corrected chi connectivity index (χ2v) is 10.5. The third kappa shape index (κ3) is 4.28. The number of fused-ring (bicyclic) bond motifs is 1. The number of aliphatic carboxylic acids is 1. The molecule has 5 N–H and O–H groups in total. The van der Waals surface area contributed by atoms with Crippen molar-refractivity contribution in [2.24, 2.45) is 0 Å². The maximum Gasteiger partial charge on any atom is 0.353 e. The lowest BCUT2D eigenvalue weighted by Crippen LogP contribution is -2.71. The largest absolute Gasteiger partial charge is 0.477 e. The number of Topliss-reactive ketones (excluding diaryl/α,β-unsaturated/α-hetero) is 1. The average molecular weight is 500 g/mol. The molecular weight excluding hydrogens is 486 g/mol. The molecule has 2 aliphatic rings. The zero-order valence-electron chi connectivity index (χ0n) is 15.3. The van der Waals surface area contributed by atoms with E-state index in [1.807, 2.05) is 0 Å². The van der Waals surface area contributed by atoms with Gasteiger partial charge in [0.05, 0.1) is 11.3 Å². The van der Waals surface area contributed by atoms with Crippen molar-refractivity contribution in [3.8, 4) is 0 Å². The summed E-state index contributed by atoms with van der Waals surface area (Å²) in [6.45, 7) is 0. The van der Waals surface area contributed by atoms with Gasteiger partial charge in [0.2, 0.25) is 0 Å². The van der Waals surface area contributed by atoms with Crippen molar-refractivity contribution in [3.05, 3.63) is 27.9 Å². The molecule has 162 valence electrons. The lowest BCUT2D eigenvalue weighted by atomic mass is 10.0. The number of anilines is 1. The molecule has 1 saturated heterocycles. The Bertz CT molecular complexity index is 1090. The van der Waals surface area contributed by atoms with Gasteiger partial charge in [0.1, 0.15) is 27.8 Å². The van der Waals surface area contributed by atoms with E-state index in [4.69, 9.17) is 5.73 Å². The van der Waals surface area contributed by atoms with Gasteiger partial charge < -0.3 is 16.2 Å². The summed E-state index contributed by atoms with van der Waals surface area (Å²) < 4.78 is 0. The number of hydrogen-bond donors (Lipinski definition) is 4. The van der Waals surface area contributed by atoms with Crippen molar-refractivity contribution in [2.45, 2.75) is 16.4 Å². The number of thioether (sulfide) groups is 3. The number of nitrogen functional groups attached to an aromatic ring is 1. The molecule has 0 saturated carbocycles. The number of aromatic nitrogens is 4. The van der Waals surface area contributed by atoms with Crippen molar-refractivity contribution in [1.29, 1.82) is 0 Å². The van der Waals surface area contributed by atoms with Crippen molar-refractivity contribution in [2.75, 3.05) is 16.6 Å². The minimum Gasteiger partial charge on any atom is -0.477 e. The molecule has 12 nitrogen and oxygen atoms in total. The van der Waals surface area contributed by atoms with E-state index < -0.39 is 35.0 Å². The first-order valence-corrected chi connectivity index (χ1v) is 12.4. The van der Waals surface area contributed by atoms with Gasteiger partial charge >= 0.3 is 5.97 Å². The first-order valence-electron chi connectivity index (χ1n) is 8.46. The topological polar surface area (TPSA) is 184 Å². The van der Waals surface area contributed by atoms with Crippen LogP contribution >= 0.6 is 46.6 Å². The number of amides is 2. The number of carboxylic acids is 1. The van der Waals surface area contributed by atoms with Crippen molar-refractivity contribution < 1.29 is 24.3 Å². The van der Waals surface area contributed by atoms with Crippen LogP contribution in [0.2, 0.25) is 0 Å². The van der Waals surface area contributed by atoms with Crippen LogP contribution < -0.4 is 11.1 Å². The number of aromatic amines is 1. The van der Waals surface area contributed by atoms with E-state index in [0.717, 1.165) is 16.2 Å². The zero-order chi connectivity index (χ0) is 22.1. The summed E-state index contributed by atoms with van der Waals surface area (Å²) >= 11 is 5.01. The molecule has 0 aliphatic carbocycles. The van der Waals surface area contributed by atoms with Gasteiger partial charge in [-0.05, 0) is 0 Å². The fourth-order valence-corrected chi connectivity index (χ4v) is 6.96. The first kappa shape index (κ1) is 21.7. The smallest absolute Gasteiger partial charge is 0.353 e. The quantitative estimate of drug-likeness (QED) is 0.127. The summed E-state index contributed by atoms with van der Waals surface area (Å²) in [5.74, 6) is -3.37. The Kier molecular flexibility index (Phi) is 6.22. The molecule has 0 aromatic carbocycles. The van der Waals surface area contributed by atoms with Crippen molar-refractivity contribution in [3.63, 3.8) is 0 Å². The van der Waals surface area contributed by atoms with Crippen LogP contribution in [-0.4, -0.2) is 76.2 Å². The number of carbonyl (C=O) groups excluding carboxylic acids is 3. The van der Waals surface area contributed by atoms with E-state index in [9.17, 15) is 24.3 Å². The number of hydrogen-bond acceptors (Lipinski definition) is 12. The minimum absolute atomic E-state index is 0.102. The van der Waals surface area contributed by atoms with Crippen LogP contribution in [0.5, 0.6) is 0 Å². The number of nitrogens with two attached hydrogens (primary N) is 1. The molecule has 0 unspecified atom stereocenters. The van der Waals surface area contributed by atoms with E-state index in [0.29, 0.717) is 20.8 Å². The molecular formula is C15H13N7O5S4. The van der Waals surface area contributed by atoms with E-state index >= 15 is 0 Å². The van der Waals surface area contributed by atoms with Gasteiger partial charge in [-0.2, -0.15) is 0 Å². The van der Waals surface area contributed by atoms with E-state index in [2.05, 4.69) is 25.7 Å². The molecule has 2 aromatic heterocycles. The van der Waals surface area contributed by atoms with Crippen molar-refractivity contribution >= 4 is 75.3 Å². The van der Waals surface area contributed by atoms with Gasteiger partial charge in [-0.25, -0.2) is 9.78 Å². The Balaban J connectivity index is 1.42. The highest BCUT2D eigenvalue weighted by atomic mass is 32.2. The SMILES string of the molecule is Nc1nc(C(=O)C(=O)N[C@@H]2C(=O)N3C(C(=O)O)=C(SCSc4c[nH]nn4)CS[C@@H]23)cs1. The number of carboxylic acid groups (broad SMARTS) is 1. The van der Waals surface area contributed by atoms with Gasteiger partial charge in [-0.15, -0.1) is 40.0 Å². The summed E-state index contributed by atoms with van der Waals surface area (Å²) in [6.07, 6.45) is 1.62. The van der Waals surface area contributed by atoms with Crippen LogP contribution in [-0.2, 0) is 14.4 Å². The number of rotatable bonds is 8. The Morgan fingerprint density at radius 1 is 1.39 bits per heavy atom. The molecule has 0 spiro atoms. The predicted molar refractivity (Wildman–Crippen MR) is 115 cm³/mol. The van der Waals surface area contributed by atoms with Gasteiger partial charge in [0.15, 0.2) is 5.13 Å². The average Bonchev–Trinajstić information content (AvgIpc) is 3.42. The molecule has 31 heavy (non-hydrogen) atoms. The third-order valence-electron chi connectivity index (χ3n) is 4.22. The Hall–Kier alpha value is -2.56. The normalized spacial score (nSPS) is 20.3. The summed E-state index contributed by atoms with van der Waals surface area (Å²) in [7, 11) is 0. The zero-order valence-corrected chi connectivity index (χ0v) is 18.6. The van der Waals surface area contributed by atoms with Crippen LogP contribution in [0.25, 0.3) is 0 Å². The van der Waals surface area contributed by atoms with Crippen LogP contribution in [0.4, 0.5) is 5.13 Å². The fraction of sp³-hybridized carbons (Fsp3) is 0.267. The standard InChI is InChI=1S/C15H13N7O5S4/c16-15-18-5(2-29-15)10(23)11(24)19-8-12(25)22-9(14(26)27)6(3-28-13(8)22)30-4-31-7-1-17-21-20-7/h1-2,8,13H,3-4H2,(H2,16,18)(H,19,24)(H,26,27)(H,17,20,21)/t8-,13+/m1/s1. The molecule has 2 amide bonds. The van der Waals surface area contributed by atoms with E-state index in [1.54, 1.807) is 6.20 Å². The highest BCUT2D eigenvalue weighted by molar-refractivity contribution is 8.18. The molecule has 16 heteroatoms. The van der Waals surface area contributed by atoms with Gasteiger partial charge in [0.25, 0.3) is 17.6 Å². The summed E-state index contributed by atoms with van der Waals surface area (Å²) in [4.78, 5) is 54.3. The fourth-order valence-electron chi connectivity index (χ4n) is 2.84. The highest BCUT2D eigenvalue weighted by Crippen LogP contribution is 2.44. The number of nitrogens with zero attached hydrogens (tertiary/aromatic N) is 4. The first-order chi connectivity index (χ1) is 14.9. The predicted octanol–water partition coefficient (Wildman–Crippen LogP) is 0.205. The number of H-pyrrole nitrogens is 1. The van der Waals surface area contributed by atoms with Crippen LogP contribution in [0.15, 0.2) is 27.2 Å². The lowest BCUT2D eigenvalue weighted by molar-refractivity contribution is -0.150. The Labute approximate surface area is 190 Å². The number of nitrogens with one attached hydrogen (secondary N) is 2. The number of thiazole rings is 1. The summed E-state index contributed by atoms with van der Waals surface area (Å²) in [6, 6.07) is -0.997. The second-order valence-electron chi connectivity index (χ2n) is 6.06. The molecule has 4 rings (SSSR count). The highest BCUT2D eigenvalue weighted by Gasteiger charge is 2.54. The monoisotopic (exact) mass is 499 g/mol. The van der Waals surface area contributed by atoms with Crippen LogP contribution in [0, 0.1) is 0 Å². The Morgan fingerprint density at radius 2 is 2.19 bits per heavy atom. The summed E-state index contributed by atoms with van der Waals surface area (Å²) in [5.41, 5.74) is 5.26. The van der Waals surface area contributed by atoms with Crippen molar-refractivity contribution in [1.82, 2.24) is 30.6 Å². The maximum atomic E-state index is 12.6.